The Morgan fingerprint density at radius 1 is 1.26 bits per heavy atom. The molecule has 0 bridgehead atoms. The number of carbonyl (C=O) groups is 1. The Hall–Kier alpha value is -3.07. The number of ether oxygens (including phenoxy) is 3. The van der Waals surface area contributed by atoms with Crippen LogP contribution in [-0.4, -0.2) is 53.9 Å². The number of fused-ring (bicyclic) bond motifs is 2. The summed E-state index contributed by atoms with van der Waals surface area (Å²) < 4.78 is 18.1. The van der Waals surface area contributed by atoms with Crippen LogP contribution in [0.2, 0.25) is 5.02 Å². The summed E-state index contributed by atoms with van der Waals surface area (Å²) >= 11 is 6.53. The van der Waals surface area contributed by atoms with Crippen LogP contribution in [0.4, 0.5) is 11.4 Å². The Labute approximate surface area is 227 Å². The van der Waals surface area contributed by atoms with Crippen molar-refractivity contribution in [1.82, 2.24) is 15.3 Å². The lowest BCUT2D eigenvalue weighted by Gasteiger charge is -2.34. The molecule has 9 heteroatoms. The number of rotatable bonds is 7. The third kappa shape index (κ3) is 4.55. The van der Waals surface area contributed by atoms with Gasteiger partial charge in [0.15, 0.2) is 0 Å². The van der Waals surface area contributed by atoms with Crippen molar-refractivity contribution in [1.29, 1.82) is 0 Å². The van der Waals surface area contributed by atoms with Crippen molar-refractivity contribution in [3.63, 3.8) is 0 Å². The van der Waals surface area contributed by atoms with Crippen molar-refractivity contribution in [3.8, 4) is 17.0 Å². The van der Waals surface area contributed by atoms with Gasteiger partial charge in [-0.3, -0.25) is 9.78 Å². The first-order chi connectivity index (χ1) is 18.3. The maximum atomic E-state index is 13.3. The second-order valence-electron chi connectivity index (χ2n) is 11.0. The van der Waals surface area contributed by atoms with Gasteiger partial charge >= 0.3 is 0 Å². The van der Waals surface area contributed by atoms with E-state index in [9.17, 15) is 4.79 Å². The maximum Gasteiger partial charge on any atom is 0.255 e. The fourth-order valence-corrected chi connectivity index (χ4v) is 5.64. The zero-order chi connectivity index (χ0) is 26.5. The highest BCUT2D eigenvalue weighted by atomic mass is 35.5. The van der Waals surface area contributed by atoms with Crippen LogP contribution < -0.4 is 15.4 Å². The van der Waals surface area contributed by atoms with E-state index in [1.165, 1.54) is 0 Å². The number of H-pyrrole nitrogens is 1. The summed E-state index contributed by atoms with van der Waals surface area (Å²) in [5.74, 6) is 0.518. The molecule has 1 saturated carbocycles. The molecule has 8 nitrogen and oxygen atoms in total. The molecule has 200 valence electrons. The lowest BCUT2D eigenvalue weighted by atomic mass is 9.93. The predicted molar refractivity (Wildman–Crippen MR) is 147 cm³/mol. The summed E-state index contributed by atoms with van der Waals surface area (Å²) in [5, 5.41) is 7.38. The summed E-state index contributed by atoms with van der Waals surface area (Å²) in [6.45, 7) is 8.04. The molecule has 3 N–H and O–H groups in total. The Kier molecular flexibility index (Phi) is 6.37. The molecule has 2 aromatic heterocycles. The standard InChI is InChI=1S/C29H33ClN4O4/c1-4-18-20(30)6-5-7-21(18)33-25-23-26(29(9-10-29)15-32-27(23)35)34-24(25)19-8-11-31-12-22(19)36-13-17-14-38-28(2,3)16-37-17/h5-8,11-12,17,33-34H,4,9-10,13-16H2,1-3H3,(H,32,35)/t17-/m1/s1. The van der Waals surface area contributed by atoms with E-state index in [4.69, 9.17) is 25.8 Å². The van der Waals surface area contributed by atoms with E-state index in [0.29, 0.717) is 42.7 Å². The molecule has 6 rings (SSSR count). The zero-order valence-electron chi connectivity index (χ0n) is 21.9. The quantitative estimate of drug-likeness (QED) is 0.375. The van der Waals surface area contributed by atoms with E-state index in [1.807, 2.05) is 38.1 Å². The molecule has 2 aliphatic heterocycles. The Bertz CT molecular complexity index is 1370. The Morgan fingerprint density at radius 3 is 2.84 bits per heavy atom. The van der Waals surface area contributed by atoms with Gasteiger partial charge in [-0.1, -0.05) is 24.6 Å². The minimum atomic E-state index is -0.295. The average molecular weight is 537 g/mol. The number of carbonyl (C=O) groups excluding carboxylic acids is 1. The Morgan fingerprint density at radius 2 is 2.11 bits per heavy atom. The number of aromatic nitrogens is 2. The van der Waals surface area contributed by atoms with E-state index >= 15 is 0 Å². The summed E-state index contributed by atoms with van der Waals surface area (Å²) in [6, 6.07) is 7.71. The molecule has 1 aromatic carbocycles. The van der Waals surface area contributed by atoms with Crippen molar-refractivity contribution < 1.29 is 19.0 Å². The van der Waals surface area contributed by atoms with Crippen LogP contribution >= 0.6 is 11.6 Å². The SMILES string of the molecule is CCc1c(Cl)cccc1Nc1c(-c2ccncc2OC[C@@H]2COC(C)(C)CO2)[nH]c2c1C(=O)NCC21CC1. The lowest BCUT2D eigenvalue weighted by molar-refractivity contribution is -0.181. The van der Waals surface area contributed by atoms with Gasteiger partial charge < -0.3 is 29.8 Å². The minimum absolute atomic E-state index is 0.0476. The van der Waals surface area contributed by atoms with Gasteiger partial charge in [0, 0.05) is 40.1 Å². The number of anilines is 2. The van der Waals surface area contributed by atoms with Gasteiger partial charge in [-0.2, -0.15) is 0 Å². The molecular formula is C29H33ClN4O4. The largest absolute Gasteiger partial charge is 0.488 e. The van der Waals surface area contributed by atoms with Gasteiger partial charge in [0.2, 0.25) is 0 Å². The summed E-state index contributed by atoms with van der Waals surface area (Å²) in [6.07, 6.45) is 6.08. The Balaban J connectivity index is 1.40. The van der Waals surface area contributed by atoms with Gasteiger partial charge in [0.25, 0.3) is 5.91 Å². The molecule has 0 unspecified atom stereocenters. The highest BCUT2D eigenvalue weighted by Gasteiger charge is 2.51. The fraction of sp³-hybridized carbons (Fsp3) is 0.448. The topological polar surface area (TPSA) is 97.5 Å². The summed E-state index contributed by atoms with van der Waals surface area (Å²) in [5.41, 5.74) is 5.49. The van der Waals surface area contributed by atoms with Crippen LogP contribution in [0.25, 0.3) is 11.3 Å². The first kappa shape index (κ1) is 25.2. The molecule has 1 spiro atoms. The molecule has 1 atom stereocenters. The molecular weight excluding hydrogens is 504 g/mol. The molecule has 38 heavy (non-hydrogen) atoms. The number of hydrogen-bond donors (Lipinski definition) is 3. The van der Waals surface area contributed by atoms with Gasteiger partial charge in [0.1, 0.15) is 18.5 Å². The first-order valence-corrected chi connectivity index (χ1v) is 13.6. The summed E-state index contributed by atoms with van der Waals surface area (Å²) in [7, 11) is 0. The van der Waals surface area contributed by atoms with E-state index in [0.717, 1.165) is 53.2 Å². The molecule has 1 amide bonds. The number of nitrogens with one attached hydrogen (secondary N) is 3. The number of benzene rings is 1. The van der Waals surface area contributed by atoms with Crippen molar-refractivity contribution in [3.05, 3.63) is 58.5 Å². The lowest BCUT2D eigenvalue weighted by Crippen LogP contribution is -2.44. The van der Waals surface area contributed by atoms with Gasteiger partial charge in [-0.25, -0.2) is 0 Å². The second-order valence-corrected chi connectivity index (χ2v) is 11.4. The van der Waals surface area contributed by atoms with Crippen LogP contribution in [-0.2, 0) is 21.3 Å². The van der Waals surface area contributed by atoms with Gasteiger partial charge in [-0.15, -0.1) is 0 Å². The van der Waals surface area contributed by atoms with Crippen LogP contribution in [0.3, 0.4) is 0 Å². The molecule has 3 aliphatic rings. The van der Waals surface area contributed by atoms with Gasteiger partial charge in [-0.05, 0) is 56.9 Å². The monoisotopic (exact) mass is 536 g/mol. The maximum absolute atomic E-state index is 13.3. The van der Waals surface area contributed by atoms with Crippen LogP contribution in [0, 0.1) is 0 Å². The van der Waals surface area contributed by atoms with Crippen LogP contribution in [0.15, 0.2) is 36.7 Å². The van der Waals surface area contributed by atoms with Gasteiger partial charge in [0.05, 0.1) is 42.0 Å². The number of hydrogen-bond acceptors (Lipinski definition) is 6. The molecule has 2 fully saturated rings. The zero-order valence-corrected chi connectivity index (χ0v) is 22.7. The van der Waals surface area contributed by atoms with Crippen LogP contribution in [0.1, 0.15) is 55.2 Å². The highest BCUT2D eigenvalue weighted by molar-refractivity contribution is 6.31. The average Bonchev–Trinajstić information content (AvgIpc) is 3.58. The van der Waals surface area contributed by atoms with Crippen molar-refractivity contribution in [2.24, 2.45) is 0 Å². The number of nitrogens with zero attached hydrogens (tertiary/aromatic N) is 1. The normalized spacial score (nSPS) is 21.1. The number of amides is 1. The van der Waals surface area contributed by atoms with Crippen molar-refractivity contribution in [2.45, 2.75) is 57.2 Å². The van der Waals surface area contributed by atoms with E-state index in [-0.39, 0.29) is 23.0 Å². The molecule has 1 aliphatic carbocycles. The number of halogens is 1. The second kappa shape index (κ2) is 9.59. The van der Waals surface area contributed by atoms with Crippen molar-refractivity contribution >= 4 is 28.9 Å². The smallest absolute Gasteiger partial charge is 0.255 e. The van der Waals surface area contributed by atoms with E-state index < -0.39 is 0 Å². The fourth-order valence-electron chi connectivity index (χ4n) is 5.33. The molecule has 4 heterocycles. The molecule has 3 aromatic rings. The third-order valence-corrected chi connectivity index (χ3v) is 8.09. The minimum Gasteiger partial charge on any atom is -0.488 e. The first-order valence-electron chi connectivity index (χ1n) is 13.2. The number of aromatic amines is 1. The van der Waals surface area contributed by atoms with Crippen molar-refractivity contribution in [2.75, 3.05) is 31.7 Å². The third-order valence-electron chi connectivity index (χ3n) is 7.74. The van der Waals surface area contributed by atoms with E-state index in [1.54, 1.807) is 12.4 Å². The number of pyridine rings is 1. The summed E-state index contributed by atoms with van der Waals surface area (Å²) in [4.78, 5) is 21.2. The molecule has 0 radical (unpaired) electrons. The highest BCUT2D eigenvalue weighted by Crippen LogP contribution is 2.54. The molecule has 1 saturated heterocycles. The predicted octanol–water partition coefficient (Wildman–Crippen LogP) is 5.38. The van der Waals surface area contributed by atoms with E-state index in [2.05, 4.69) is 27.5 Å². The van der Waals surface area contributed by atoms with Crippen LogP contribution in [0.5, 0.6) is 5.75 Å².